The van der Waals surface area contributed by atoms with Crippen LogP contribution in [0.15, 0.2) is 12.1 Å². The van der Waals surface area contributed by atoms with E-state index in [1.54, 1.807) is 0 Å². The van der Waals surface area contributed by atoms with Gasteiger partial charge in [-0.2, -0.15) is 0 Å². The van der Waals surface area contributed by atoms with Crippen molar-refractivity contribution in [2.24, 2.45) is 0 Å². The maximum absolute atomic E-state index is 11.0. The van der Waals surface area contributed by atoms with Gasteiger partial charge in [-0.05, 0) is 6.07 Å². The maximum atomic E-state index is 11.0. The number of nitro groups is 1. The van der Waals surface area contributed by atoms with Crippen molar-refractivity contribution >= 4 is 34.6 Å². The highest BCUT2D eigenvalue weighted by atomic mass is 35.5. The summed E-state index contributed by atoms with van der Waals surface area (Å²) in [5, 5.41) is 24.5. The molecule has 0 amide bonds. The summed E-state index contributed by atoms with van der Waals surface area (Å²) < 4.78 is 5.18. The van der Waals surface area contributed by atoms with Gasteiger partial charge in [0.05, 0.1) is 20.6 Å². The maximum Gasteiger partial charge on any atom is 0.293 e. The van der Waals surface area contributed by atoms with Crippen LogP contribution >= 0.6 is 23.2 Å². The van der Waals surface area contributed by atoms with Gasteiger partial charge in [-0.25, -0.2) is 0 Å². The van der Waals surface area contributed by atoms with Crippen LogP contribution in [0, 0.1) is 10.1 Å². The van der Waals surface area contributed by atoms with Crippen LogP contribution in [0.2, 0.25) is 10.0 Å². The molecule has 20 heavy (non-hydrogen) atoms. The normalized spacial score (nSPS) is 17.8. The second kappa shape index (κ2) is 6.13. The molecule has 1 saturated heterocycles. The summed E-state index contributed by atoms with van der Waals surface area (Å²) in [6.07, 6.45) is 0.963. The first-order valence-corrected chi connectivity index (χ1v) is 6.84. The van der Waals surface area contributed by atoms with Crippen LogP contribution in [0.25, 0.3) is 0 Å². The third kappa shape index (κ3) is 3.52. The van der Waals surface area contributed by atoms with Gasteiger partial charge in [0.15, 0.2) is 0 Å². The summed E-state index contributed by atoms with van der Waals surface area (Å²) in [6.45, 7) is 1.14. The lowest BCUT2D eigenvalue weighted by Crippen LogP contribution is -2.42. The number of aliphatic hydroxyl groups is 1. The molecule has 1 aromatic carbocycles. The van der Waals surface area contributed by atoms with Crippen LogP contribution in [0.3, 0.4) is 0 Å². The highest BCUT2D eigenvalue weighted by molar-refractivity contribution is 6.42. The molecule has 0 spiro atoms. The first-order valence-electron chi connectivity index (χ1n) is 6.09. The molecular weight excluding hydrogens is 307 g/mol. The van der Waals surface area contributed by atoms with Gasteiger partial charge in [0, 0.05) is 38.7 Å². The minimum atomic E-state index is -0.932. The lowest BCUT2D eigenvalue weighted by molar-refractivity contribution is -0.384. The Balaban J connectivity index is 2.16. The fourth-order valence-corrected chi connectivity index (χ4v) is 2.34. The third-order valence-corrected chi connectivity index (χ3v) is 3.99. The van der Waals surface area contributed by atoms with Crippen molar-refractivity contribution in [2.45, 2.75) is 18.4 Å². The number of hydrogen-bond acceptors (Lipinski definition) is 5. The second-order valence-electron chi connectivity index (χ2n) is 4.73. The number of nitro benzene ring substituents is 1. The minimum Gasteiger partial charge on any atom is -0.388 e. The van der Waals surface area contributed by atoms with Gasteiger partial charge in [0.1, 0.15) is 5.69 Å². The Bertz CT molecular complexity index is 518. The van der Waals surface area contributed by atoms with Gasteiger partial charge in [-0.15, -0.1) is 0 Å². The molecule has 6 nitrogen and oxygen atoms in total. The van der Waals surface area contributed by atoms with E-state index in [-0.39, 0.29) is 28.0 Å². The topological polar surface area (TPSA) is 84.6 Å². The molecule has 0 atom stereocenters. The molecule has 2 rings (SSSR count). The molecule has 1 aliphatic rings. The Kier molecular flexibility index (Phi) is 4.70. The standard InChI is InChI=1S/C12H14Cl2N2O4/c13-8-5-10(11(16(18)19)6-9(8)14)15-7-12(17)1-3-20-4-2-12/h5-6,15,17H,1-4,7H2. The van der Waals surface area contributed by atoms with E-state index < -0.39 is 10.5 Å². The average Bonchev–Trinajstić information content (AvgIpc) is 2.40. The molecule has 1 aromatic rings. The molecule has 0 aliphatic carbocycles. The number of nitrogens with one attached hydrogen (secondary N) is 1. The SMILES string of the molecule is O=[N+]([O-])c1cc(Cl)c(Cl)cc1NCC1(O)CCOCC1. The van der Waals surface area contributed by atoms with Crippen molar-refractivity contribution < 1.29 is 14.8 Å². The van der Waals surface area contributed by atoms with Gasteiger partial charge in [0.25, 0.3) is 5.69 Å². The molecule has 0 aromatic heterocycles. The van der Waals surface area contributed by atoms with Crippen LogP contribution < -0.4 is 5.32 Å². The molecule has 1 aliphatic heterocycles. The summed E-state index contributed by atoms with van der Waals surface area (Å²) in [6, 6.07) is 2.59. The Morgan fingerprint density at radius 1 is 1.35 bits per heavy atom. The molecule has 0 radical (unpaired) electrons. The Morgan fingerprint density at radius 3 is 2.55 bits per heavy atom. The van der Waals surface area contributed by atoms with Crippen molar-refractivity contribution in [1.82, 2.24) is 0 Å². The predicted molar refractivity (Wildman–Crippen MR) is 76.6 cm³/mol. The van der Waals surface area contributed by atoms with E-state index in [0.29, 0.717) is 26.1 Å². The van der Waals surface area contributed by atoms with Crippen molar-refractivity contribution in [2.75, 3.05) is 25.1 Å². The van der Waals surface area contributed by atoms with E-state index >= 15 is 0 Å². The summed E-state index contributed by atoms with van der Waals surface area (Å²) in [4.78, 5) is 10.5. The van der Waals surface area contributed by atoms with E-state index in [4.69, 9.17) is 27.9 Å². The first-order chi connectivity index (χ1) is 9.41. The molecule has 0 bridgehead atoms. The molecule has 8 heteroatoms. The van der Waals surface area contributed by atoms with E-state index in [0.717, 1.165) is 0 Å². The second-order valence-corrected chi connectivity index (χ2v) is 5.55. The zero-order valence-corrected chi connectivity index (χ0v) is 12.1. The van der Waals surface area contributed by atoms with Crippen LogP contribution in [0.5, 0.6) is 0 Å². The molecular formula is C12H14Cl2N2O4. The lowest BCUT2D eigenvalue weighted by atomic mass is 9.94. The summed E-state index contributed by atoms with van der Waals surface area (Å²) in [5.74, 6) is 0. The largest absolute Gasteiger partial charge is 0.388 e. The van der Waals surface area contributed by atoms with E-state index in [1.165, 1.54) is 12.1 Å². The van der Waals surface area contributed by atoms with Crippen LogP contribution in [0.4, 0.5) is 11.4 Å². The van der Waals surface area contributed by atoms with E-state index in [1.807, 2.05) is 0 Å². The van der Waals surface area contributed by atoms with Crippen molar-refractivity contribution in [1.29, 1.82) is 0 Å². The van der Waals surface area contributed by atoms with Gasteiger partial charge in [-0.1, -0.05) is 23.2 Å². The van der Waals surface area contributed by atoms with E-state index in [9.17, 15) is 15.2 Å². The molecule has 2 N–H and O–H groups in total. The fraction of sp³-hybridized carbons (Fsp3) is 0.500. The summed E-state index contributed by atoms with van der Waals surface area (Å²) >= 11 is 11.6. The van der Waals surface area contributed by atoms with Crippen molar-refractivity contribution in [3.05, 3.63) is 32.3 Å². The van der Waals surface area contributed by atoms with Gasteiger partial charge in [0.2, 0.25) is 0 Å². The molecule has 0 unspecified atom stereocenters. The van der Waals surface area contributed by atoms with Crippen LogP contribution in [-0.2, 0) is 4.74 Å². The van der Waals surface area contributed by atoms with Gasteiger partial charge >= 0.3 is 0 Å². The molecule has 1 heterocycles. The Morgan fingerprint density at radius 2 is 1.95 bits per heavy atom. The number of hydrogen-bond donors (Lipinski definition) is 2. The highest BCUT2D eigenvalue weighted by Crippen LogP contribution is 2.34. The van der Waals surface area contributed by atoms with Crippen LogP contribution in [-0.4, -0.2) is 35.4 Å². The minimum absolute atomic E-state index is 0.119. The monoisotopic (exact) mass is 320 g/mol. The Labute approximate surface area is 125 Å². The number of halogens is 2. The lowest BCUT2D eigenvalue weighted by Gasteiger charge is -2.32. The highest BCUT2D eigenvalue weighted by Gasteiger charge is 2.30. The van der Waals surface area contributed by atoms with Crippen molar-refractivity contribution in [3.63, 3.8) is 0 Å². The Hall–Kier alpha value is -1.08. The van der Waals surface area contributed by atoms with Crippen LogP contribution in [0.1, 0.15) is 12.8 Å². The van der Waals surface area contributed by atoms with Gasteiger partial charge in [-0.3, -0.25) is 10.1 Å². The summed E-state index contributed by atoms with van der Waals surface area (Å²) in [7, 11) is 0. The number of nitrogens with zero attached hydrogens (tertiary/aromatic N) is 1. The van der Waals surface area contributed by atoms with E-state index in [2.05, 4.69) is 5.32 Å². The summed E-state index contributed by atoms with van der Waals surface area (Å²) in [5.41, 5.74) is -0.863. The fourth-order valence-electron chi connectivity index (χ4n) is 2.02. The number of anilines is 1. The first kappa shape index (κ1) is 15.3. The van der Waals surface area contributed by atoms with Gasteiger partial charge < -0.3 is 15.2 Å². The van der Waals surface area contributed by atoms with Crippen molar-refractivity contribution in [3.8, 4) is 0 Å². The molecule has 1 fully saturated rings. The third-order valence-electron chi connectivity index (χ3n) is 3.27. The quantitative estimate of drug-likeness (QED) is 0.658. The average molecular weight is 321 g/mol. The number of benzene rings is 1. The predicted octanol–water partition coefficient (Wildman–Crippen LogP) is 2.86. The number of ether oxygens (including phenoxy) is 1. The number of rotatable bonds is 4. The zero-order chi connectivity index (χ0) is 14.8. The molecule has 0 saturated carbocycles. The molecule has 110 valence electrons. The smallest absolute Gasteiger partial charge is 0.293 e. The zero-order valence-electron chi connectivity index (χ0n) is 10.6.